The molecule has 0 N–H and O–H groups in total. The molecule has 2 heterocycles. The first-order valence-electron chi connectivity index (χ1n) is 6.06. The Balaban J connectivity index is 1.74. The summed E-state index contributed by atoms with van der Waals surface area (Å²) in [6, 6.07) is 10.7. The van der Waals surface area contributed by atoms with Crippen LogP contribution < -0.4 is 4.90 Å². The Morgan fingerprint density at radius 3 is 2.72 bits per heavy atom. The van der Waals surface area contributed by atoms with Gasteiger partial charge in [-0.25, -0.2) is 0 Å². The van der Waals surface area contributed by atoms with Crippen LogP contribution in [0.3, 0.4) is 0 Å². The van der Waals surface area contributed by atoms with E-state index < -0.39 is 0 Å². The molecule has 3 rings (SSSR count). The van der Waals surface area contributed by atoms with E-state index in [2.05, 4.69) is 20.9 Å². The number of piperazine rings is 1. The molecule has 0 saturated carbocycles. The van der Waals surface area contributed by atoms with Crippen LogP contribution in [0.2, 0.25) is 0 Å². The summed E-state index contributed by atoms with van der Waals surface area (Å²) in [4.78, 5) is 8.75. The summed E-state index contributed by atoms with van der Waals surface area (Å²) in [6.07, 6.45) is 0. The number of rotatable bonds is 2. The van der Waals surface area contributed by atoms with Gasteiger partial charge in [0.1, 0.15) is 5.52 Å². The Morgan fingerprint density at radius 2 is 2.00 bits per heavy atom. The summed E-state index contributed by atoms with van der Waals surface area (Å²) >= 11 is 0. The zero-order chi connectivity index (χ0) is 12.4. The van der Waals surface area contributed by atoms with Gasteiger partial charge in [-0.2, -0.15) is 10.2 Å². The molecule has 0 unspecified atom stereocenters. The zero-order valence-corrected chi connectivity index (χ0v) is 10.0. The van der Waals surface area contributed by atoms with Crippen LogP contribution in [-0.4, -0.2) is 42.6 Å². The van der Waals surface area contributed by atoms with E-state index in [1.807, 2.05) is 24.3 Å². The number of nitriles is 1. The van der Waals surface area contributed by atoms with Gasteiger partial charge in [0.2, 0.25) is 0 Å². The van der Waals surface area contributed by atoms with Crippen molar-refractivity contribution < 1.29 is 4.42 Å². The van der Waals surface area contributed by atoms with Crippen molar-refractivity contribution in [2.24, 2.45) is 0 Å². The minimum Gasteiger partial charge on any atom is -0.423 e. The van der Waals surface area contributed by atoms with E-state index in [4.69, 9.17) is 9.68 Å². The average molecular weight is 242 g/mol. The smallest absolute Gasteiger partial charge is 0.298 e. The first-order chi connectivity index (χ1) is 8.86. The summed E-state index contributed by atoms with van der Waals surface area (Å²) in [5, 5.41) is 8.66. The third kappa shape index (κ3) is 2.03. The molecule has 1 fully saturated rings. The molecule has 5 heteroatoms. The Kier molecular flexibility index (Phi) is 2.87. The van der Waals surface area contributed by atoms with Crippen molar-refractivity contribution in [2.45, 2.75) is 0 Å². The minimum absolute atomic E-state index is 0.501. The highest BCUT2D eigenvalue weighted by Crippen LogP contribution is 2.22. The monoisotopic (exact) mass is 242 g/mol. The van der Waals surface area contributed by atoms with Gasteiger partial charge in [0.15, 0.2) is 5.58 Å². The fourth-order valence-corrected chi connectivity index (χ4v) is 2.19. The third-order valence-corrected chi connectivity index (χ3v) is 3.22. The summed E-state index contributed by atoms with van der Waals surface area (Å²) in [7, 11) is 0. The predicted octanol–water partition coefficient (Wildman–Crippen LogP) is 1.47. The fourth-order valence-electron chi connectivity index (χ4n) is 2.19. The fraction of sp³-hybridized carbons (Fsp3) is 0.385. The number of hydrogen-bond acceptors (Lipinski definition) is 5. The van der Waals surface area contributed by atoms with Crippen molar-refractivity contribution in [1.82, 2.24) is 9.88 Å². The van der Waals surface area contributed by atoms with Gasteiger partial charge in [-0.3, -0.25) is 4.90 Å². The van der Waals surface area contributed by atoms with E-state index in [1.54, 1.807) is 0 Å². The normalized spacial score (nSPS) is 16.9. The number of para-hydroxylation sites is 2. The summed E-state index contributed by atoms with van der Waals surface area (Å²) in [5.74, 6) is 0. The SMILES string of the molecule is N#CCN1CCN(c2nc3ccccc3o2)CC1. The van der Waals surface area contributed by atoms with Gasteiger partial charge in [0.25, 0.3) is 6.01 Å². The van der Waals surface area contributed by atoms with Gasteiger partial charge >= 0.3 is 0 Å². The molecule has 1 aliphatic rings. The van der Waals surface area contributed by atoms with Crippen molar-refractivity contribution in [3.05, 3.63) is 24.3 Å². The maximum absolute atomic E-state index is 8.66. The van der Waals surface area contributed by atoms with Gasteiger partial charge in [-0.1, -0.05) is 12.1 Å². The highest BCUT2D eigenvalue weighted by molar-refractivity contribution is 5.74. The molecule has 1 aromatic carbocycles. The van der Waals surface area contributed by atoms with Crippen LogP contribution in [0.1, 0.15) is 0 Å². The molecule has 5 nitrogen and oxygen atoms in total. The number of anilines is 1. The average Bonchev–Trinajstić information content (AvgIpc) is 2.84. The number of hydrogen-bond donors (Lipinski definition) is 0. The summed E-state index contributed by atoms with van der Waals surface area (Å²) < 4.78 is 5.73. The van der Waals surface area contributed by atoms with Gasteiger partial charge in [-0.05, 0) is 12.1 Å². The Bertz CT molecular complexity index is 545. The van der Waals surface area contributed by atoms with E-state index in [0.29, 0.717) is 12.6 Å². The van der Waals surface area contributed by atoms with Gasteiger partial charge in [-0.15, -0.1) is 0 Å². The summed E-state index contributed by atoms with van der Waals surface area (Å²) in [6.45, 7) is 3.98. The highest BCUT2D eigenvalue weighted by Gasteiger charge is 2.20. The molecule has 18 heavy (non-hydrogen) atoms. The van der Waals surface area contributed by atoms with Gasteiger partial charge in [0, 0.05) is 26.2 Å². The molecule has 2 aromatic rings. The van der Waals surface area contributed by atoms with E-state index in [0.717, 1.165) is 37.3 Å². The quantitative estimate of drug-likeness (QED) is 0.746. The first-order valence-corrected chi connectivity index (χ1v) is 6.06. The second kappa shape index (κ2) is 4.67. The molecule has 1 aliphatic heterocycles. The van der Waals surface area contributed by atoms with Crippen molar-refractivity contribution in [3.8, 4) is 6.07 Å². The lowest BCUT2D eigenvalue weighted by molar-refractivity contribution is 0.281. The molecule has 0 radical (unpaired) electrons. The van der Waals surface area contributed by atoms with Crippen molar-refractivity contribution in [1.29, 1.82) is 5.26 Å². The van der Waals surface area contributed by atoms with Gasteiger partial charge in [0.05, 0.1) is 12.6 Å². The molecule has 0 spiro atoms. The predicted molar refractivity (Wildman–Crippen MR) is 68.3 cm³/mol. The van der Waals surface area contributed by atoms with Gasteiger partial charge < -0.3 is 9.32 Å². The van der Waals surface area contributed by atoms with Crippen LogP contribution in [0.5, 0.6) is 0 Å². The highest BCUT2D eigenvalue weighted by atomic mass is 16.4. The van der Waals surface area contributed by atoms with Crippen LogP contribution in [0.25, 0.3) is 11.1 Å². The molecule has 0 aliphatic carbocycles. The third-order valence-electron chi connectivity index (χ3n) is 3.22. The molecule has 1 aromatic heterocycles. The Hall–Kier alpha value is -2.06. The van der Waals surface area contributed by atoms with Crippen molar-refractivity contribution >= 4 is 17.1 Å². The van der Waals surface area contributed by atoms with E-state index in [-0.39, 0.29) is 0 Å². The second-order valence-electron chi connectivity index (χ2n) is 4.39. The molecule has 0 bridgehead atoms. The topological polar surface area (TPSA) is 56.3 Å². The lowest BCUT2D eigenvalue weighted by atomic mass is 10.3. The lowest BCUT2D eigenvalue weighted by Gasteiger charge is -2.32. The van der Waals surface area contributed by atoms with Crippen LogP contribution in [-0.2, 0) is 0 Å². The lowest BCUT2D eigenvalue weighted by Crippen LogP contribution is -2.46. The van der Waals surface area contributed by atoms with E-state index >= 15 is 0 Å². The Morgan fingerprint density at radius 1 is 1.22 bits per heavy atom. The second-order valence-corrected chi connectivity index (χ2v) is 4.39. The maximum atomic E-state index is 8.66. The number of benzene rings is 1. The largest absolute Gasteiger partial charge is 0.423 e. The number of nitrogens with zero attached hydrogens (tertiary/aromatic N) is 4. The van der Waals surface area contributed by atoms with Crippen molar-refractivity contribution in [2.75, 3.05) is 37.6 Å². The molecular formula is C13H14N4O. The number of fused-ring (bicyclic) bond motifs is 1. The molecule has 92 valence electrons. The Labute approximate surface area is 105 Å². The minimum atomic E-state index is 0.501. The zero-order valence-electron chi connectivity index (χ0n) is 10.0. The van der Waals surface area contributed by atoms with Crippen LogP contribution in [0.15, 0.2) is 28.7 Å². The van der Waals surface area contributed by atoms with E-state index in [1.165, 1.54) is 0 Å². The van der Waals surface area contributed by atoms with Crippen LogP contribution in [0.4, 0.5) is 6.01 Å². The first kappa shape index (κ1) is 11.1. The van der Waals surface area contributed by atoms with Crippen LogP contribution in [0, 0.1) is 11.3 Å². The van der Waals surface area contributed by atoms with Crippen LogP contribution >= 0.6 is 0 Å². The molecule has 1 saturated heterocycles. The number of aromatic nitrogens is 1. The van der Waals surface area contributed by atoms with Crippen molar-refractivity contribution in [3.63, 3.8) is 0 Å². The summed E-state index contributed by atoms with van der Waals surface area (Å²) in [5.41, 5.74) is 1.72. The molecule has 0 atom stereocenters. The number of oxazole rings is 1. The maximum Gasteiger partial charge on any atom is 0.298 e. The molecule has 0 amide bonds. The molecular weight excluding hydrogens is 228 g/mol. The van der Waals surface area contributed by atoms with E-state index in [9.17, 15) is 0 Å². The standard InChI is InChI=1S/C13H14N4O/c14-5-6-16-7-9-17(10-8-16)13-15-11-3-1-2-4-12(11)18-13/h1-4H,6-10H2.